The molecule has 1 aromatic rings. The van der Waals surface area contributed by atoms with Crippen molar-refractivity contribution in [2.75, 3.05) is 13.1 Å². The average Bonchev–Trinajstić information content (AvgIpc) is 2.28. The summed E-state index contributed by atoms with van der Waals surface area (Å²) in [6, 6.07) is 10.2. The molecule has 0 amide bonds. The number of nitrogens with zero attached hydrogens (tertiary/aromatic N) is 1. The van der Waals surface area contributed by atoms with Gasteiger partial charge in [-0.3, -0.25) is 9.69 Å². The van der Waals surface area contributed by atoms with Gasteiger partial charge in [0, 0.05) is 18.6 Å². The van der Waals surface area contributed by atoms with Crippen LogP contribution in [0.15, 0.2) is 30.3 Å². The number of carbonyl (C=O) groups is 1. The number of nitrogens with two attached hydrogens (primary N) is 1. The number of hydrogen-bond acceptors (Lipinski definition) is 3. The van der Waals surface area contributed by atoms with Gasteiger partial charge in [0.05, 0.1) is 6.42 Å². The van der Waals surface area contributed by atoms with E-state index in [1.165, 1.54) is 5.56 Å². The Hall–Kier alpha value is -1.39. The lowest BCUT2D eigenvalue weighted by molar-refractivity contribution is -0.139. The Morgan fingerprint density at radius 1 is 1.39 bits per heavy atom. The number of benzene rings is 1. The molecule has 0 spiro atoms. The molecule has 2 rings (SSSR count). The zero-order valence-corrected chi connectivity index (χ0v) is 10.5. The van der Waals surface area contributed by atoms with Gasteiger partial charge in [0.2, 0.25) is 0 Å². The van der Waals surface area contributed by atoms with Crippen molar-refractivity contribution in [2.24, 2.45) is 5.73 Å². The fourth-order valence-corrected chi connectivity index (χ4v) is 2.68. The van der Waals surface area contributed by atoms with Crippen molar-refractivity contribution in [3.8, 4) is 0 Å². The van der Waals surface area contributed by atoms with Gasteiger partial charge >= 0.3 is 5.97 Å². The summed E-state index contributed by atoms with van der Waals surface area (Å²) in [5, 5.41) is 8.91. The Kier molecular flexibility index (Phi) is 3.99. The molecule has 18 heavy (non-hydrogen) atoms. The van der Waals surface area contributed by atoms with Crippen LogP contribution in [0.1, 0.15) is 24.8 Å². The van der Waals surface area contributed by atoms with Gasteiger partial charge in [-0.2, -0.15) is 0 Å². The molecule has 0 aliphatic carbocycles. The second-order valence-electron chi connectivity index (χ2n) is 5.23. The fourth-order valence-electron chi connectivity index (χ4n) is 2.68. The predicted molar refractivity (Wildman–Crippen MR) is 70.1 cm³/mol. The number of hydrogen-bond donors (Lipinski definition) is 2. The molecule has 3 N–H and O–H groups in total. The Labute approximate surface area is 107 Å². The highest BCUT2D eigenvalue weighted by Gasteiger charge is 2.33. The molecule has 1 fully saturated rings. The topological polar surface area (TPSA) is 66.6 Å². The summed E-state index contributed by atoms with van der Waals surface area (Å²) < 4.78 is 0. The zero-order chi connectivity index (χ0) is 13.0. The van der Waals surface area contributed by atoms with Crippen molar-refractivity contribution in [1.82, 2.24) is 4.90 Å². The summed E-state index contributed by atoms with van der Waals surface area (Å²) in [5.74, 6) is -0.806. The maximum absolute atomic E-state index is 10.8. The Morgan fingerprint density at radius 2 is 2.11 bits per heavy atom. The first-order valence-corrected chi connectivity index (χ1v) is 6.34. The molecule has 4 nitrogen and oxygen atoms in total. The normalized spacial score (nSPS) is 24.9. The summed E-state index contributed by atoms with van der Waals surface area (Å²) in [6.45, 7) is 2.50. The van der Waals surface area contributed by atoms with Crippen LogP contribution in [0.4, 0.5) is 0 Å². The van der Waals surface area contributed by atoms with Gasteiger partial charge in [0.15, 0.2) is 0 Å². The number of carboxylic acids is 1. The third-order valence-electron chi connectivity index (χ3n) is 3.44. The van der Waals surface area contributed by atoms with E-state index in [1.54, 1.807) is 0 Å². The highest BCUT2D eigenvalue weighted by atomic mass is 16.4. The largest absolute Gasteiger partial charge is 0.481 e. The van der Waals surface area contributed by atoms with Crippen molar-refractivity contribution in [3.05, 3.63) is 35.9 Å². The molecule has 0 unspecified atom stereocenters. The molecule has 1 aliphatic rings. The second-order valence-corrected chi connectivity index (χ2v) is 5.23. The van der Waals surface area contributed by atoms with E-state index in [0.717, 1.165) is 25.9 Å². The minimum atomic E-state index is -0.806. The molecule has 1 aromatic carbocycles. The van der Waals surface area contributed by atoms with Crippen LogP contribution in [0.25, 0.3) is 0 Å². The van der Waals surface area contributed by atoms with Crippen molar-refractivity contribution >= 4 is 5.97 Å². The molecule has 1 saturated heterocycles. The van der Waals surface area contributed by atoms with E-state index in [-0.39, 0.29) is 6.42 Å². The molecule has 0 saturated carbocycles. The SMILES string of the molecule is N[C@]1(CC(=O)O)CCCN(Cc2ccccc2)C1. The van der Waals surface area contributed by atoms with Gasteiger partial charge < -0.3 is 10.8 Å². The standard InChI is InChI=1S/C14H20N2O2/c15-14(9-13(17)18)7-4-8-16(11-14)10-12-5-2-1-3-6-12/h1-3,5-6H,4,7-11,15H2,(H,17,18)/t14-/m0/s1. The number of rotatable bonds is 4. The van der Waals surface area contributed by atoms with Crippen molar-refractivity contribution in [1.29, 1.82) is 0 Å². The van der Waals surface area contributed by atoms with Crippen molar-refractivity contribution in [3.63, 3.8) is 0 Å². The minimum Gasteiger partial charge on any atom is -0.481 e. The first-order valence-electron chi connectivity index (χ1n) is 6.34. The fraction of sp³-hybridized carbons (Fsp3) is 0.500. The highest BCUT2D eigenvalue weighted by molar-refractivity contribution is 5.68. The molecule has 0 aromatic heterocycles. The van der Waals surface area contributed by atoms with Crippen LogP contribution >= 0.6 is 0 Å². The Bertz CT molecular complexity index is 408. The van der Waals surface area contributed by atoms with E-state index in [9.17, 15) is 4.79 Å². The van der Waals surface area contributed by atoms with E-state index in [2.05, 4.69) is 17.0 Å². The van der Waals surface area contributed by atoms with Crippen LogP contribution in [-0.2, 0) is 11.3 Å². The van der Waals surface area contributed by atoms with Gasteiger partial charge in [0.25, 0.3) is 0 Å². The first-order chi connectivity index (χ1) is 8.57. The molecule has 1 aliphatic heterocycles. The van der Waals surface area contributed by atoms with Gasteiger partial charge in [-0.25, -0.2) is 0 Å². The summed E-state index contributed by atoms with van der Waals surface area (Å²) >= 11 is 0. The molecular formula is C14H20N2O2. The van der Waals surface area contributed by atoms with E-state index in [4.69, 9.17) is 10.8 Å². The maximum atomic E-state index is 10.8. The van der Waals surface area contributed by atoms with Crippen LogP contribution in [-0.4, -0.2) is 34.6 Å². The lowest BCUT2D eigenvalue weighted by atomic mass is 9.87. The number of piperidine rings is 1. The lowest BCUT2D eigenvalue weighted by Crippen LogP contribution is -2.54. The van der Waals surface area contributed by atoms with E-state index in [0.29, 0.717) is 6.54 Å². The van der Waals surface area contributed by atoms with Crippen molar-refractivity contribution < 1.29 is 9.90 Å². The Morgan fingerprint density at radius 3 is 2.78 bits per heavy atom. The molecule has 1 heterocycles. The molecule has 98 valence electrons. The number of likely N-dealkylation sites (tertiary alicyclic amines) is 1. The lowest BCUT2D eigenvalue weighted by Gasteiger charge is -2.39. The average molecular weight is 248 g/mol. The summed E-state index contributed by atoms with van der Waals surface area (Å²) in [7, 11) is 0. The minimum absolute atomic E-state index is 0.0539. The number of aliphatic carboxylic acids is 1. The third-order valence-corrected chi connectivity index (χ3v) is 3.44. The van der Waals surface area contributed by atoms with E-state index < -0.39 is 11.5 Å². The summed E-state index contributed by atoms with van der Waals surface area (Å²) in [5.41, 5.74) is 6.86. The first kappa shape index (κ1) is 13.1. The van der Waals surface area contributed by atoms with E-state index >= 15 is 0 Å². The molecule has 1 atom stereocenters. The molecule has 0 radical (unpaired) electrons. The quantitative estimate of drug-likeness (QED) is 0.846. The number of carboxylic acid groups (broad SMARTS) is 1. The highest BCUT2D eigenvalue weighted by Crippen LogP contribution is 2.23. The monoisotopic (exact) mass is 248 g/mol. The molecule has 4 heteroatoms. The van der Waals surface area contributed by atoms with Crippen LogP contribution in [0.3, 0.4) is 0 Å². The zero-order valence-electron chi connectivity index (χ0n) is 10.5. The van der Waals surface area contributed by atoms with Crippen molar-refractivity contribution in [2.45, 2.75) is 31.3 Å². The van der Waals surface area contributed by atoms with Gasteiger partial charge in [-0.1, -0.05) is 30.3 Å². The predicted octanol–water partition coefficient (Wildman–Crippen LogP) is 1.45. The van der Waals surface area contributed by atoms with Crippen LogP contribution < -0.4 is 5.73 Å². The summed E-state index contributed by atoms with van der Waals surface area (Å²) in [4.78, 5) is 13.1. The van der Waals surface area contributed by atoms with Gasteiger partial charge in [0.1, 0.15) is 0 Å². The summed E-state index contributed by atoms with van der Waals surface area (Å²) in [6.07, 6.45) is 1.82. The van der Waals surface area contributed by atoms with Gasteiger partial charge in [-0.15, -0.1) is 0 Å². The van der Waals surface area contributed by atoms with Crippen LogP contribution in [0.2, 0.25) is 0 Å². The maximum Gasteiger partial charge on any atom is 0.305 e. The third kappa shape index (κ3) is 3.55. The molecular weight excluding hydrogens is 228 g/mol. The van der Waals surface area contributed by atoms with Gasteiger partial charge in [-0.05, 0) is 24.9 Å². The van der Waals surface area contributed by atoms with E-state index in [1.807, 2.05) is 18.2 Å². The second kappa shape index (κ2) is 5.50. The smallest absolute Gasteiger partial charge is 0.305 e. The van der Waals surface area contributed by atoms with Crippen LogP contribution in [0, 0.1) is 0 Å². The molecule has 0 bridgehead atoms. The van der Waals surface area contributed by atoms with Crippen LogP contribution in [0.5, 0.6) is 0 Å². The Balaban J connectivity index is 1.96.